The second-order valence-corrected chi connectivity index (χ2v) is 2.70. The van der Waals surface area contributed by atoms with Crippen LogP contribution in [-0.4, -0.2) is 6.29 Å². The molecular formula is C11H11FO. The molecular weight excluding hydrogens is 167 g/mol. The lowest BCUT2D eigenvalue weighted by atomic mass is 10.2. The van der Waals surface area contributed by atoms with E-state index in [0.29, 0.717) is 6.42 Å². The molecule has 0 radical (unpaired) electrons. The summed E-state index contributed by atoms with van der Waals surface area (Å²) in [4.78, 5) is 9.98. The fourth-order valence-corrected chi connectivity index (χ4v) is 0.958. The Hall–Kier alpha value is -1.44. The summed E-state index contributed by atoms with van der Waals surface area (Å²) in [5, 5.41) is 0. The van der Waals surface area contributed by atoms with Gasteiger partial charge in [-0.15, -0.1) is 0 Å². The zero-order chi connectivity index (χ0) is 9.52. The van der Waals surface area contributed by atoms with E-state index >= 15 is 0 Å². The van der Waals surface area contributed by atoms with Crippen molar-refractivity contribution in [2.75, 3.05) is 0 Å². The number of unbranched alkanes of at least 4 members (excludes halogenated alkanes) is 1. The summed E-state index contributed by atoms with van der Waals surface area (Å²) >= 11 is 0. The second-order valence-electron chi connectivity index (χ2n) is 2.70. The van der Waals surface area contributed by atoms with Gasteiger partial charge in [0, 0.05) is 6.42 Å². The Morgan fingerprint density at radius 2 is 1.85 bits per heavy atom. The van der Waals surface area contributed by atoms with Crippen LogP contribution in [0.25, 0.3) is 6.08 Å². The quantitative estimate of drug-likeness (QED) is 0.511. The fourth-order valence-electron chi connectivity index (χ4n) is 0.958. The molecule has 1 rings (SSSR count). The maximum Gasteiger partial charge on any atom is 0.123 e. The van der Waals surface area contributed by atoms with E-state index in [1.807, 2.05) is 12.2 Å². The Morgan fingerprint density at radius 1 is 1.15 bits per heavy atom. The van der Waals surface area contributed by atoms with Crippen LogP contribution in [0.3, 0.4) is 0 Å². The number of aldehydes is 1. The molecule has 0 saturated carbocycles. The molecule has 0 aliphatic rings. The van der Waals surface area contributed by atoms with Crippen LogP contribution in [0.1, 0.15) is 18.4 Å². The van der Waals surface area contributed by atoms with Gasteiger partial charge in [-0.2, -0.15) is 0 Å². The number of halogens is 1. The predicted molar refractivity (Wildman–Crippen MR) is 50.7 cm³/mol. The summed E-state index contributed by atoms with van der Waals surface area (Å²) in [7, 11) is 0. The van der Waals surface area contributed by atoms with Crippen LogP contribution < -0.4 is 0 Å². The Kier molecular flexibility index (Phi) is 3.89. The normalized spacial score (nSPS) is 10.5. The molecule has 0 unspecified atom stereocenters. The van der Waals surface area contributed by atoms with Gasteiger partial charge in [0.05, 0.1) is 0 Å². The Morgan fingerprint density at radius 3 is 2.46 bits per heavy atom. The van der Waals surface area contributed by atoms with E-state index in [1.54, 1.807) is 12.1 Å². The van der Waals surface area contributed by atoms with Crippen LogP contribution in [0.2, 0.25) is 0 Å². The lowest BCUT2D eigenvalue weighted by Gasteiger charge is -1.91. The average Bonchev–Trinajstić information content (AvgIpc) is 2.15. The first-order valence-electron chi connectivity index (χ1n) is 4.18. The zero-order valence-electron chi connectivity index (χ0n) is 7.24. The van der Waals surface area contributed by atoms with Crippen molar-refractivity contribution >= 4 is 12.4 Å². The molecule has 0 fully saturated rings. The number of hydrogen-bond acceptors (Lipinski definition) is 1. The number of benzene rings is 1. The highest BCUT2D eigenvalue weighted by Crippen LogP contribution is 2.05. The molecule has 0 aliphatic carbocycles. The first kappa shape index (κ1) is 9.65. The van der Waals surface area contributed by atoms with Crippen molar-refractivity contribution in [2.24, 2.45) is 0 Å². The van der Waals surface area contributed by atoms with Crippen molar-refractivity contribution in [1.29, 1.82) is 0 Å². The topological polar surface area (TPSA) is 17.1 Å². The monoisotopic (exact) mass is 178 g/mol. The number of carbonyl (C=O) groups excluding carboxylic acids is 1. The molecule has 0 aliphatic heterocycles. The lowest BCUT2D eigenvalue weighted by Crippen LogP contribution is -1.75. The van der Waals surface area contributed by atoms with E-state index in [4.69, 9.17) is 0 Å². The van der Waals surface area contributed by atoms with Crippen molar-refractivity contribution in [2.45, 2.75) is 12.8 Å². The van der Waals surface area contributed by atoms with Crippen LogP contribution in [-0.2, 0) is 4.79 Å². The summed E-state index contributed by atoms with van der Waals surface area (Å²) in [5.41, 5.74) is 0.951. The molecule has 0 atom stereocenters. The van der Waals surface area contributed by atoms with Gasteiger partial charge < -0.3 is 4.79 Å². The van der Waals surface area contributed by atoms with Crippen molar-refractivity contribution in [3.05, 3.63) is 41.7 Å². The highest BCUT2D eigenvalue weighted by atomic mass is 19.1. The summed E-state index contributed by atoms with van der Waals surface area (Å²) < 4.78 is 12.5. The van der Waals surface area contributed by atoms with Crippen molar-refractivity contribution in [1.82, 2.24) is 0 Å². The van der Waals surface area contributed by atoms with E-state index in [-0.39, 0.29) is 5.82 Å². The molecule has 0 N–H and O–H groups in total. The molecule has 0 amide bonds. The molecule has 1 nitrogen and oxygen atoms in total. The van der Waals surface area contributed by atoms with E-state index < -0.39 is 0 Å². The van der Waals surface area contributed by atoms with Gasteiger partial charge in [-0.1, -0.05) is 24.3 Å². The molecule has 68 valence electrons. The fraction of sp³-hybridized carbons (Fsp3) is 0.182. The maximum absolute atomic E-state index is 12.5. The van der Waals surface area contributed by atoms with Gasteiger partial charge in [0.15, 0.2) is 0 Å². The SMILES string of the molecule is O=CCC/C=C/c1ccc(F)cc1. The second kappa shape index (κ2) is 5.25. The van der Waals surface area contributed by atoms with E-state index in [2.05, 4.69) is 0 Å². The molecule has 0 spiro atoms. The Labute approximate surface area is 76.9 Å². The van der Waals surface area contributed by atoms with E-state index in [1.165, 1.54) is 12.1 Å². The first-order valence-corrected chi connectivity index (χ1v) is 4.18. The Bertz CT molecular complexity index is 287. The van der Waals surface area contributed by atoms with Crippen LogP contribution in [0.4, 0.5) is 4.39 Å². The standard InChI is InChI=1S/C11H11FO/c12-11-7-5-10(6-8-11)4-2-1-3-9-13/h2,4-9H,1,3H2/b4-2+. The number of carbonyl (C=O) groups is 1. The minimum atomic E-state index is -0.231. The van der Waals surface area contributed by atoms with Crippen LogP contribution in [0.15, 0.2) is 30.3 Å². The van der Waals surface area contributed by atoms with Crippen LogP contribution in [0.5, 0.6) is 0 Å². The third kappa shape index (κ3) is 3.65. The van der Waals surface area contributed by atoms with Gasteiger partial charge in [0.2, 0.25) is 0 Å². The van der Waals surface area contributed by atoms with Gasteiger partial charge in [-0.25, -0.2) is 4.39 Å². The summed E-state index contributed by atoms with van der Waals surface area (Å²) in [6.45, 7) is 0. The minimum Gasteiger partial charge on any atom is -0.303 e. The van der Waals surface area contributed by atoms with Crippen molar-refractivity contribution < 1.29 is 9.18 Å². The molecule has 0 aromatic heterocycles. The number of allylic oxidation sites excluding steroid dienone is 1. The van der Waals surface area contributed by atoms with Gasteiger partial charge in [-0.05, 0) is 24.1 Å². The largest absolute Gasteiger partial charge is 0.303 e. The van der Waals surface area contributed by atoms with E-state index in [9.17, 15) is 9.18 Å². The zero-order valence-corrected chi connectivity index (χ0v) is 7.24. The average molecular weight is 178 g/mol. The summed E-state index contributed by atoms with van der Waals surface area (Å²) in [5.74, 6) is -0.231. The maximum atomic E-state index is 12.5. The van der Waals surface area contributed by atoms with Crippen LogP contribution >= 0.6 is 0 Å². The third-order valence-electron chi connectivity index (χ3n) is 1.63. The lowest BCUT2D eigenvalue weighted by molar-refractivity contribution is -0.107. The van der Waals surface area contributed by atoms with Gasteiger partial charge >= 0.3 is 0 Å². The molecule has 0 saturated heterocycles. The van der Waals surface area contributed by atoms with Gasteiger partial charge in [-0.3, -0.25) is 0 Å². The van der Waals surface area contributed by atoms with Crippen LogP contribution in [0, 0.1) is 5.82 Å². The molecule has 0 heterocycles. The predicted octanol–water partition coefficient (Wildman–Crippen LogP) is 2.82. The minimum absolute atomic E-state index is 0.231. The molecule has 13 heavy (non-hydrogen) atoms. The molecule has 1 aromatic carbocycles. The number of rotatable bonds is 4. The smallest absolute Gasteiger partial charge is 0.123 e. The van der Waals surface area contributed by atoms with Gasteiger partial charge in [0.25, 0.3) is 0 Å². The molecule has 1 aromatic rings. The highest BCUT2D eigenvalue weighted by molar-refractivity contribution is 5.52. The van der Waals surface area contributed by atoms with Crippen molar-refractivity contribution in [3.8, 4) is 0 Å². The molecule has 2 heteroatoms. The Balaban J connectivity index is 2.49. The van der Waals surface area contributed by atoms with Crippen molar-refractivity contribution in [3.63, 3.8) is 0 Å². The first-order chi connectivity index (χ1) is 6.33. The summed E-state index contributed by atoms with van der Waals surface area (Å²) in [6.07, 6.45) is 5.94. The third-order valence-corrected chi connectivity index (χ3v) is 1.63. The highest BCUT2D eigenvalue weighted by Gasteiger charge is 1.87. The van der Waals surface area contributed by atoms with Gasteiger partial charge in [0.1, 0.15) is 12.1 Å². The number of hydrogen-bond donors (Lipinski definition) is 0. The summed E-state index contributed by atoms with van der Waals surface area (Å²) in [6, 6.07) is 6.23. The molecule has 0 bridgehead atoms. The van der Waals surface area contributed by atoms with E-state index in [0.717, 1.165) is 18.3 Å².